The molecule has 0 bridgehead atoms. The zero-order valence-corrected chi connectivity index (χ0v) is 11.9. The molecule has 1 aromatic carbocycles. The molecule has 92 valence electrons. The molecule has 0 aliphatic carbocycles. The first-order chi connectivity index (χ1) is 8.56. The summed E-state index contributed by atoms with van der Waals surface area (Å²) >= 11 is 9.25. The second-order valence-corrected chi connectivity index (χ2v) is 5.12. The molecule has 0 saturated heterocycles. The van der Waals surface area contributed by atoms with Crippen LogP contribution in [0.15, 0.2) is 41.1 Å². The van der Waals surface area contributed by atoms with Crippen molar-refractivity contribution in [3.8, 4) is 0 Å². The van der Waals surface area contributed by atoms with E-state index in [1.54, 1.807) is 36.7 Å². The van der Waals surface area contributed by atoms with Gasteiger partial charge in [0, 0.05) is 23.0 Å². The number of nitrogens with zero attached hydrogens (tertiary/aromatic N) is 1. The van der Waals surface area contributed by atoms with Gasteiger partial charge >= 0.3 is 0 Å². The van der Waals surface area contributed by atoms with Crippen LogP contribution in [0.4, 0.5) is 5.69 Å². The van der Waals surface area contributed by atoms with Crippen molar-refractivity contribution in [1.29, 1.82) is 0 Å². The van der Waals surface area contributed by atoms with Gasteiger partial charge in [-0.15, -0.1) is 0 Å². The van der Waals surface area contributed by atoms with Crippen molar-refractivity contribution in [2.24, 2.45) is 0 Å². The van der Waals surface area contributed by atoms with Gasteiger partial charge in [0.05, 0.1) is 10.2 Å². The molecule has 1 N–H and O–H groups in total. The van der Waals surface area contributed by atoms with E-state index in [9.17, 15) is 4.79 Å². The topological polar surface area (TPSA) is 42.0 Å². The Hall–Kier alpha value is -1.39. The van der Waals surface area contributed by atoms with Crippen LogP contribution in [-0.2, 0) is 0 Å². The fourth-order valence-electron chi connectivity index (χ4n) is 1.54. The number of carbonyl (C=O) groups excluding carboxylic acids is 1. The van der Waals surface area contributed by atoms with Crippen LogP contribution in [0.5, 0.6) is 0 Å². The predicted molar refractivity (Wildman–Crippen MR) is 76.1 cm³/mol. The van der Waals surface area contributed by atoms with Crippen LogP contribution < -0.4 is 5.32 Å². The number of rotatable bonds is 2. The van der Waals surface area contributed by atoms with E-state index in [-0.39, 0.29) is 5.91 Å². The lowest BCUT2D eigenvalue weighted by Crippen LogP contribution is -2.12. The first kappa shape index (κ1) is 13.1. The van der Waals surface area contributed by atoms with E-state index in [0.717, 1.165) is 10.0 Å². The molecule has 0 atom stereocenters. The third-order valence-corrected chi connectivity index (χ3v) is 3.18. The van der Waals surface area contributed by atoms with Gasteiger partial charge in [-0.2, -0.15) is 0 Å². The van der Waals surface area contributed by atoms with E-state index in [0.29, 0.717) is 16.3 Å². The number of hydrogen-bond acceptors (Lipinski definition) is 2. The van der Waals surface area contributed by atoms with Crippen LogP contribution in [0.2, 0.25) is 5.02 Å². The summed E-state index contributed by atoms with van der Waals surface area (Å²) in [7, 11) is 0. The highest BCUT2D eigenvalue weighted by Gasteiger charge is 2.09. The Morgan fingerprint density at radius 2 is 2.17 bits per heavy atom. The molecule has 0 unspecified atom stereocenters. The van der Waals surface area contributed by atoms with Gasteiger partial charge in [-0.25, -0.2) is 0 Å². The van der Waals surface area contributed by atoms with Crippen molar-refractivity contribution in [3.63, 3.8) is 0 Å². The van der Waals surface area contributed by atoms with Crippen molar-refractivity contribution in [2.45, 2.75) is 6.92 Å². The minimum Gasteiger partial charge on any atom is -0.321 e. The third-order valence-electron chi connectivity index (χ3n) is 2.32. The quantitative estimate of drug-likeness (QED) is 0.905. The van der Waals surface area contributed by atoms with Gasteiger partial charge in [0.15, 0.2) is 0 Å². The Kier molecular flexibility index (Phi) is 3.99. The number of carbonyl (C=O) groups is 1. The number of pyridine rings is 1. The van der Waals surface area contributed by atoms with E-state index in [4.69, 9.17) is 11.6 Å². The Balaban J connectivity index is 2.25. The first-order valence-corrected chi connectivity index (χ1v) is 6.41. The maximum Gasteiger partial charge on any atom is 0.255 e. The summed E-state index contributed by atoms with van der Waals surface area (Å²) in [5.41, 5.74) is 2.15. The highest BCUT2D eigenvalue weighted by atomic mass is 79.9. The van der Waals surface area contributed by atoms with Crippen molar-refractivity contribution >= 4 is 39.1 Å². The van der Waals surface area contributed by atoms with Crippen LogP contribution in [0.1, 0.15) is 15.9 Å². The number of benzene rings is 1. The fourth-order valence-corrected chi connectivity index (χ4v) is 2.18. The maximum absolute atomic E-state index is 12.1. The molecule has 0 saturated carbocycles. The number of anilines is 1. The molecule has 1 amide bonds. The minimum atomic E-state index is -0.201. The number of hydrogen-bond donors (Lipinski definition) is 1. The molecule has 2 aromatic rings. The summed E-state index contributed by atoms with van der Waals surface area (Å²) in [6.45, 7) is 1.89. The van der Waals surface area contributed by atoms with Gasteiger partial charge in [-0.05, 0) is 52.7 Å². The largest absolute Gasteiger partial charge is 0.321 e. The summed E-state index contributed by atoms with van der Waals surface area (Å²) < 4.78 is 0.733. The molecule has 0 aliphatic rings. The molecule has 0 radical (unpaired) electrons. The zero-order chi connectivity index (χ0) is 13.1. The molecule has 0 fully saturated rings. The highest BCUT2D eigenvalue weighted by Crippen LogP contribution is 2.21. The second-order valence-electron chi connectivity index (χ2n) is 3.83. The van der Waals surface area contributed by atoms with Crippen LogP contribution in [0.3, 0.4) is 0 Å². The number of amides is 1. The highest BCUT2D eigenvalue weighted by molar-refractivity contribution is 9.10. The number of aryl methyl sites for hydroxylation is 1. The Morgan fingerprint density at radius 3 is 2.83 bits per heavy atom. The van der Waals surface area contributed by atoms with Crippen molar-refractivity contribution in [3.05, 3.63) is 57.3 Å². The van der Waals surface area contributed by atoms with E-state index in [2.05, 4.69) is 26.2 Å². The lowest BCUT2D eigenvalue weighted by Gasteiger charge is -2.07. The Labute approximate surface area is 118 Å². The van der Waals surface area contributed by atoms with E-state index in [1.807, 2.05) is 6.92 Å². The third kappa shape index (κ3) is 3.09. The maximum atomic E-state index is 12.1. The standard InChI is InChI=1S/C13H10BrClN2O/c1-8-4-9(6-10(15)5-8)13(18)17-12-2-3-16-7-11(12)14/h2-7H,1H3,(H,16,17,18). The van der Waals surface area contributed by atoms with Crippen molar-refractivity contribution < 1.29 is 4.79 Å². The van der Waals surface area contributed by atoms with Gasteiger partial charge in [0.25, 0.3) is 5.91 Å². The van der Waals surface area contributed by atoms with Crippen LogP contribution >= 0.6 is 27.5 Å². The average Bonchev–Trinajstić information content (AvgIpc) is 2.31. The van der Waals surface area contributed by atoms with E-state index >= 15 is 0 Å². The Bertz CT molecular complexity index is 581. The van der Waals surface area contributed by atoms with Crippen LogP contribution in [0.25, 0.3) is 0 Å². The molecular formula is C13H10BrClN2O. The van der Waals surface area contributed by atoms with E-state index in [1.165, 1.54) is 0 Å². The Morgan fingerprint density at radius 1 is 1.39 bits per heavy atom. The molecule has 5 heteroatoms. The molecular weight excluding hydrogens is 316 g/mol. The molecule has 0 aliphatic heterocycles. The summed E-state index contributed by atoms with van der Waals surface area (Å²) in [6, 6.07) is 6.95. The molecule has 2 rings (SSSR count). The molecule has 0 spiro atoms. The summed E-state index contributed by atoms with van der Waals surface area (Å²) in [6.07, 6.45) is 3.24. The summed E-state index contributed by atoms with van der Waals surface area (Å²) in [4.78, 5) is 16.0. The van der Waals surface area contributed by atoms with Gasteiger partial charge < -0.3 is 5.32 Å². The van der Waals surface area contributed by atoms with Crippen molar-refractivity contribution in [2.75, 3.05) is 5.32 Å². The minimum absolute atomic E-state index is 0.201. The molecule has 1 aromatic heterocycles. The fraction of sp³-hybridized carbons (Fsp3) is 0.0769. The first-order valence-electron chi connectivity index (χ1n) is 5.24. The van der Waals surface area contributed by atoms with Gasteiger partial charge in [0.1, 0.15) is 0 Å². The van der Waals surface area contributed by atoms with Gasteiger partial charge in [-0.1, -0.05) is 11.6 Å². The number of nitrogens with one attached hydrogen (secondary N) is 1. The average molecular weight is 326 g/mol. The van der Waals surface area contributed by atoms with Gasteiger partial charge in [0.2, 0.25) is 0 Å². The number of aromatic nitrogens is 1. The SMILES string of the molecule is Cc1cc(Cl)cc(C(=O)Nc2ccncc2Br)c1. The summed E-state index contributed by atoms with van der Waals surface area (Å²) in [5.74, 6) is -0.201. The zero-order valence-electron chi connectivity index (χ0n) is 9.58. The van der Waals surface area contributed by atoms with Crippen molar-refractivity contribution in [1.82, 2.24) is 4.98 Å². The predicted octanol–water partition coefficient (Wildman–Crippen LogP) is 4.06. The van der Waals surface area contributed by atoms with Gasteiger partial charge in [-0.3, -0.25) is 9.78 Å². The lowest BCUT2D eigenvalue weighted by atomic mass is 10.1. The summed E-state index contributed by atoms with van der Waals surface area (Å²) in [5, 5.41) is 3.35. The monoisotopic (exact) mass is 324 g/mol. The van der Waals surface area contributed by atoms with Crippen LogP contribution in [0, 0.1) is 6.92 Å². The number of halogens is 2. The lowest BCUT2D eigenvalue weighted by molar-refractivity contribution is 0.102. The molecule has 3 nitrogen and oxygen atoms in total. The van der Waals surface area contributed by atoms with Crippen LogP contribution in [-0.4, -0.2) is 10.9 Å². The normalized spacial score (nSPS) is 10.2. The molecule has 18 heavy (non-hydrogen) atoms. The van der Waals surface area contributed by atoms with E-state index < -0.39 is 0 Å². The molecule has 1 heterocycles. The smallest absolute Gasteiger partial charge is 0.255 e. The second kappa shape index (κ2) is 5.50.